The predicted molar refractivity (Wildman–Crippen MR) is 86.4 cm³/mol. The van der Waals surface area contributed by atoms with Crippen molar-refractivity contribution in [1.82, 2.24) is 10.3 Å². The predicted octanol–water partition coefficient (Wildman–Crippen LogP) is 2.36. The molecule has 0 bridgehead atoms. The van der Waals surface area contributed by atoms with Gasteiger partial charge in [0.1, 0.15) is 0 Å². The van der Waals surface area contributed by atoms with Crippen LogP contribution in [0.25, 0.3) is 10.2 Å². The van der Waals surface area contributed by atoms with Crippen molar-refractivity contribution in [3.05, 3.63) is 29.3 Å². The van der Waals surface area contributed by atoms with Crippen molar-refractivity contribution in [2.75, 3.05) is 6.54 Å². The number of amides is 1. The van der Waals surface area contributed by atoms with E-state index in [0.717, 1.165) is 16.9 Å². The van der Waals surface area contributed by atoms with Gasteiger partial charge in [-0.3, -0.25) is 4.79 Å². The molecule has 1 heterocycles. The van der Waals surface area contributed by atoms with Crippen molar-refractivity contribution < 1.29 is 4.79 Å². The SMILES string of the molecule is CC(C)[C@@H](N)C(=O)NCCc1nc2ccccc2s1.Cl. The van der Waals surface area contributed by atoms with Crippen LogP contribution < -0.4 is 11.1 Å². The molecule has 0 aliphatic rings. The highest BCUT2D eigenvalue weighted by Crippen LogP contribution is 2.21. The Kier molecular flexibility index (Phi) is 6.39. The van der Waals surface area contributed by atoms with E-state index in [1.807, 2.05) is 32.0 Å². The van der Waals surface area contributed by atoms with E-state index in [0.29, 0.717) is 6.54 Å². The zero-order chi connectivity index (χ0) is 13.8. The molecule has 0 aliphatic carbocycles. The zero-order valence-electron chi connectivity index (χ0n) is 11.6. The van der Waals surface area contributed by atoms with E-state index in [9.17, 15) is 4.79 Å². The number of thiazole rings is 1. The summed E-state index contributed by atoms with van der Waals surface area (Å²) in [5.41, 5.74) is 6.80. The zero-order valence-corrected chi connectivity index (χ0v) is 13.3. The second kappa shape index (κ2) is 7.57. The van der Waals surface area contributed by atoms with Gasteiger partial charge in [-0.2, -0.15) is 0 Å². The van der Waals surface area contributed by atoms with Crippen LogP contribution >= 0.6 is 23.7 Å². The van der Waals surface area contributed by atoms with Gasteiger partial charge in [0, 0.05) is 13.0 Å². The standard InChI is InChI=1S/C14H19N3OS.ClH/c1-9(2)13(15)14(18)16-8-7-12-17-10-5-3-4-6-11(10)19-12;/h3-6,9,13H,7-8,15H2,1-2H3,(H,16,18);1H/t13-;/m1./s1. The van der Waals surface area contributed by atoms with E-state index in [2.05, 4.69) is 16.4 Å². The lowest BCUT2D eigenvalue weighted by Crippen LogP contribution is -2.44. The lowest BCUT2D eigenvalue weighted by atomic mass is 10.1. The number of nitrogens with one attached hydrogen (secondary N) is 1. The Bertz CT molecular complexity index is 537. The summed E-state index contributed by atoms with van der Waals surface area (Å²) in [7, 11) is 0. The molecule has 0 unspecified atom stereocenters. The van der Waals surface area contributed by atoms with Crippen molar-refractivity contribution >= 4 is 39.9 Å². The van der Waals surface area contributed by atoms with Gasteiger partial charge in [0.15, 0.2) is 0 Å². The normalized spacial score (nSPS) is 12.2. The Balaban J connectivity index is 0.00000200. The molecule has 2 rings (SSSR count). The smallest absolute Gasteiger partial charge is 0.237 e. The van der Waals surface area contributed by atoms with Gasteiger partial charge in [-0.05, 0) is 18.1 Å². The van der Waals surface area contributed by atoms with E-state index in [4.69, 9.17) is 5.73 Å². The third-order valence-electron chi connectivity index (χ3n) is 3.00. The van der Waals surface area contributed by atoms with Crippen LogP contribution in [-0.4, -0.2) is 23.5 Å². The molecule has 0 spiro atoms. The van der Waals surface area contributed by atoms with Crippen LogP contribution in [0.5, 0.6) is 0 Å². The fourth-order valence-corrected chi connectivity index (χ4v) is 2.71. The number of carbonyl (C=O) groups is 1. The largest absolute Gasteiger partial charge is 0.354 e. The van der Waals surface area contributed by atoms with E-state index in [1.165, 1.54) is 4.70 Å². The summed E-state index contributed by atoms with van der Waals surface area (Å²) in [5.74, 6) is 0.0681. The fraction of sp³-hybridized carbons (Fsp3) is 0.429. The van der Waals surface area contributed by atoms with Crippen LogP contribution in [0.15, 0.2) is 24.3 Å². The topological polar surface area (TPSA) is 68.0 Å². The number of aromatic nitrogens is 1. The number of benzene rings is 1. The van der Waals surface area contributed by atoms with Gasteiger partial charge in [0.05, 0.1) is 21.3 Å². The lowest BCUT2D eigenvalue weighted by Gasteiger charge is -2.14. The van der Waals surface area contributed by atoms with Gasteiger partial charge >= 0.3 is 0 Å². The summed E-state index contributed by atoms with van der Waals surface area (Å²) in [6.07, 6.45) is 0.746. The van der Waals surface area contributed by atoms with E-state index in [1.54, 1.807) is 11.3 Å². The molecular formula is C14H20ClN3OS. The minimum atomic E-state index is -0.435. The highest BCUT2D eigenvalue weighted by atomic mass is 35.5. The number of halogens is 1. The number of hydrogen-bond donors (Lipinski definition) is 2. The summed E-state index contributed by atoms with van der Waals surface area (Å²) >= 11 is 1.67. The number of nitrogens with two attached hydrogens (primary N) is 1. The van der Waals surface area contributed by atoms with Gasteiger partial charge < -0.3 is 11.1 Å². The summed E-state index contributed by atoms with van der Waals surface area (Å²) in [6.45, 7) is 4.47. The molecule has 1 atom stereocenters. The number of para-hydroxylation sites is 1. The maximum atomic E-state index is 11.7. The molecule has 4 nitrogen and oxygen atoms in total. The van der Waals surface area contributed by atoms with E-state index in [-0.39, 0.29) is 24.2 Å². The van der Waals surface area contributed by atoms with Crippen molar-refractivity contribution in [3.8, 4) is 0 Å². The lowest BCUT2D eigenvalue weighted by molar-refractivity contribution is -0.123. The van der Waals surface area contributed by atoms with E-state index < -0.39 is 6.04 Å². The van der Waals surface area contributed by atoms with Crippen LogP contribution in [0.1, 0.15) is 18.9 Å². The second-order valence-corrected chi connectivity index (χ2v) is 6.00. The van der Waals surface area contributed by atoms with Crippen molar-refractivity contribution in [3.63, 3.8) is 0 Å². The van der Waals surface area contributed by atoms with Gasteiger partial charge in [0.2, 0.25) is 5.91 Å². The van der Waals surface area contributed by atoms with Gasteiger partial charge in [-0.1, -0.05) is 26.0 Å². The first-order valence-electron chi connectivity index (χ1n) is 6.45. The van der Waals surface area contributed by atoms with Crippen LogP contribution in [0.2, 0.25) is 0 Å². The number of hydrogen-bond acceptors (Lipinski definition) is 4. The summed E-state index contributed by atoms with van der Waals surface area (Å²) in [4.78, 5) is 16.2. The molecule has 2 aromatic rings. The van der Waals surface area contributed by atoms with Gasteiger partial charge in [0.25, 0.3) is 0 Å². The first-order valence-corrected chi connectivity index (χ1v) is 7.27. The fourth-order valence-electron chi connectivity index (χ4n) is 1.74. The number of fused-ring (bicyclic) bond motifs is 1. The molecule has 20 heavy (non-hydrogen) atoms. The maximum absolute atomic E-state index is 11.7. The monoisotopic (exact) mass is 313 g/mol. The minimum Gasteiger partial charge on any atom is -0.354 e. The number of rotatable bonds is 5. The Morgan fingerprint density at radius 1 is 1.40 bits per heavy atom. The first-order chi connectivity index (χ1) is 9.08. The molecule has 1 aromatic carbocycles. The van der Waals surface area contributed by atoms with E-state index >= 15 is 0 Å². The molecule has 110 valence electrons. The van der Waals surface area contributed by atoms with Crippen LogP contribution in [-0.2, 0) is 11.2 Å². The molecule has 0 fully saturated rings. The molecule has 3 N–H and O–H groups in total. The second-order valence-electron chi connectivity index (χ2n) is 4.89. The molecule has 0 saturated carbocycles. The van der Waals surface area contributed by atoms with Gasteiger partial charge in [-0.25, -0.2) is 4.98 Å². The van der Waals surface area contributed by atoms with Crippen molar-refractivity contribution in [1.29, 1.82) is 0 Å². The van der Waals surface area contributed by atoms with Crippen molar-refractivity contribution in [2.24, 2.45) is 11.7 Å². The Hall–Kier alpha value is -1.17. The Morgan fingerprint density at radius 3 is 2.75 bits per heavy atom. The molecule has 0 aliphatic heterocycles. The summed E-state index contributed by atoms with van der Waals surface area (Å²) in [6, 6.07) is 7.62. The van der Waals surface area contributed by atoms with Crippen LogP contribution in [0.4, 0.5) is 0 Å². The molecule has 0 radical (unpaired) electrons. The van der Waals surface area contributed by atoms with Crippen molar-refractivity contribution in [2.45, 2.75) is 26.3 Å². The molecular weight excluding hydrogens is 294 g/mol. The maximum Gasteiger partial charge on any atom is 0.237 e. The average Bonchev–Trinajstić information content (AvgIpc) is 2.80. The third-order valence-corrected chi connectivity index (χ3v) is 4.09. The molecule has 1 amide bonds. The van der Waals surface area contributed by atoms with Crippen LogP contribution in [0.3, 0.4) is 0 Å². The van der Waals surface area contributed by atoms with Crippen LogP contribution in [0, 0.1) is 5.92 Å². The summed E-state index contributed by atoms with van der Waals surface area (Å²) < 4.78 is 1.18. The Labute approximate surface area is 129 Å². The molecule has 6 heteroatoms. The highest BCUT2D eigenvalue weighted by molar-refractivity contribution is 7.18. The number of carbonyl (C=O) groups excluding carboxylic acids is 1. The third kappa shape index (κ3) is 4.16. The average molecular weight is 314 g/mol. The Morgan fingerprint density at radius 2 is 2.10 bits per heavy atom. The molecule has 1 aromatic heterocycles. The van der Waals surface area contributed by atoms with Gasteiger partial charge in [-0.15, -0.1) is 23.7 Å². The summed E-state index contributed by atoms with van der Waals surface area (Å²) in [5, 5.41) is 3.90. The quantitative estimate of drug-likeness (QED) is 0.890. The minimum absolute atomic E-state index is 0. The molecule has 0 saturated heterocycles. The highest BCUT2D eigenvalue weighted by Gasteiger charge is 2.16. The first kappa shape index (κ1) is 16.9. The number of nitrogens with zero attached hydrogens (tertiary/aromatic N) is 1.